The van der Waals surface area contributed by atoms with Crippen LogP contribution in [0.5, 0.6) is 0 Å². The fraction of sp³-hybridized carbons (Fsp3) is 0.222. The van der Waals surface area contributed by atoms with Gasteiger partial charge in [0.1, 0.15) is 6.09 Å². The van der Waals surface area contributed by atoms with Gasteiger partial charge in [-0.15, -0.1) is 0 Å². The highest BCUT2D eigenvalue weighted by atomic mass is 32.2. The first kappa shape index (κ1) is 11.5. The van der Waals surface area contributed by atoms with Crippen molar-refractivity contribution in [2.75, 3.05) is 6.26 Å². The summed E-state index contributed by atoms with van der Waals surface area (Å²) in [6.45, 7) is 0.104. The third kappa shape index (κ3) is 3.59. The Labute approximate surface area is 87.7 Å². The van der Waals surface area contributed by atoms with E-state index in [2.05, 4.69) is 5.32 Å². The number of hydrogen-bond donors (Lipinski definition) is 1. The van der Waals surface area contributed by atoms with Gasteiger partial charge in [0, 0.05) is 12.8 Å². The number of carbonyl (C=O) groups excluding carboxylic acids is 1. The Hall–Kier alpha value is -1.56. The van der Waals surface area contributed by atoms with Gasteiger partial charge in [-0.3, -0.25) is 0 Å². The molecule has 0 heterocycles. The van der Waals surface area contributed by atoms with Crippen LogP contribution < -0.4 is 10.4 Å². The minimum Gasteiger partial charge on any atom is -0.530 e. The van der Waals surface area contributed by atoms with Crippen molar-refractivity contribution in [3.8, 4) is 0 Å². The van der Waals surface area contributed by atoms with Crippen molar-refractivity contribution in [2.24, 2.45) is 0 Å². The van der Waals surface area contributed by atoms with Crippen molar-refractivity contribution in [1.82, 2.24) is 5.32 Å². The van der Waals surface area contributed by atoms with Gasteiger partial charge < -0.3 is 15.2 Å². The number of hydrogen-bond acceptors (Lipinski definition) is 4. The molecule has 0 aromatic heterocycles. The van der Waals surface area contributed by atoms with Gasteiger partial charge in [0.25, 0.3) is 0 Å². The molecule has 15 heavy (non-hydrogen) atoms. The number of amides is 1. The predicted octanol–water partition coefficient (Wildman–Crippen LogP) is -0.477. The lowest BCUT2D eigenvalue weighted by Crippen LogP contribution is -2.35. The molecule has 0 unspecified atom stereocenters. The van der Waals surface area contributed by atoms with Crippen molar-refractivity contribution < 1.29 is 18.3 Å². The topological polar surface area (TPSA) is 86.3 Å². The molecule has 0 aliphatic rings. The lowest BCUT2D eigenvalue weighted by atomic mass is 10.2. The third-order valence-corrected chi connectivity index (χ3v) is 2.92. The van der Waals surface area contributed by atoms with E-state index < -0.39 is 15.9 Å². The summed E-state index contributed by atoms with van der Waals surface area (Å²) in [7, 11) is -3.20. The minimum absolute atomic E-state index is 0.104. The van der Waals surface area contributed by atoms with E-state index >= 15 is 0 Å². The lowest BCUT2D eigenvalue weighted by molar-refractivity contribution is -0.251. The van der Waals surface area contributed by atoms with Crippen molar-refractivity contribution >= 4 is 15.9 Å². The molecule has 5 nitrogen and oxygen atoms in total. The first-order valence-electron chi connectivity index (χ1n) is 4.13. The molecule has 0 spiro atoms. The van der Waals surface area contributed by atoms with Crippen LogP contribution in [0.4, 0.5) is 4.79 Å². The van der Waals surface area contributed by atoms with Crippen LogP contribution in [0.3, 0.4) is 0 Å². The van der Waals surface area contributed by atoms with Gasteiger partial charge in [-0.25, -0.2) is 8.42 Å². The van der Waals surface area contributed by atoms with Crippen LogP contribution in [0.15, 0.2) is 29.2 Å². The van der Waals surface area contributed by atoms with Gasteiger partial charge in [-0.2, -0.15) is 0 Å². The van der Waals surface area contributed by atoms with Gasteiger partial charge in [-0.05, 0) is 17.7 Å². The highest BCUT2D eigenvalue weighted by molar-refractivity contribution is 7.90. The summed E-state index contributed by atoms with van der Waals surface area (Å²) in [6, 6.07) is 5.96. The molecule has 82 valence electrons. The first-order valence-corrected chi connectivity index (χ1v) is 6.02. The second kappa shape index (κ2) is 4.31. The monoisotopic (exact) mass is 228 g/mol. The second-order valence-electron chi connectivity index (χ2n) is 3.06. The Morgan fingerprint density at radius 2 is 1.87 bits per heavy atom. The summed E-state index contributed by atoms with van der Waals surface area (Å²) in [5.74, 6) is 0. The fourth-order valence-corrected chi connectivity index (χ4v) is 1.66. The van der Waals surface area contributed by atoms with Gasteiger partial charge in [0.2, 0.25) is 0 Å². The van der Waals surface area contributed by atoms with Crippen LogP contribution in [-0.4, -0.2) is 20.8 Å². The summed E-state index contributed by atoms with van der Waals surface area (Å²) < 4.78 is 22.2. The molecule has 0 aliphatic carbocycles. The molecule has 0 saturated carbocycles. The van der Waals surface area contributed by atoms with E-state index in [1.165, 1.54) is 12.1 Å². The first-order chi connectivity index (χ1) is 6.89. The van der Waals surface area contributed by atoms with E-state index in [-0.39, 0.29) is 11.4 Å². The summed E-state index contributed by atoms with van der Waals surface area (Å²) in [5.41, 5.74) is 0.673. The highest BCUT2D eigenvalue weighted by Gasteiger charge is 2.05. The van der Waals surface area contributed by atoms with Crippen molar-refractivity contribution in [2.45, 2.75) is 11.4 Å². The molecule has 1 amide bonds. The van der Waals surface area contributed by atoms with Gasteiger partial charge in [0.05, 0.1) is 4.90 Å². The van der Waals surface area contributed by atoms with Crippen LogP contribution in [0, 0.1) is 0 Å². The molecule has 0 atom stereocenters. The Kier molecular flexibility index (Phi) is 3.31. The van der Waals surface area contributed by atoms with E-state index in [0.29, 0.717) is 5.56 Å². The van der Waals surface area contributed by atoms with E-state index in [9.17, 15) is 18.3 Å². The SMILES string of the molecule is CS(=O)(=O)c1ccc(CNC(=O)[O-])cc1. The summed E-state index contributed by atoms with van der Waals surface area (Å²) in [5, 5.41) is 12.2. The van der Waals surface area contributed by atoms with Gasteiger partial charge in [0.15, 0.2) is 9.84 Å². The molecule has 1 N–H and O–H groups in total. The number of carboxylic acid groups (broad SMARTS) is 1. The Morgan fingerprint density at radius 1 is 1.33 bits per heavy atom. The molecular weight excluding hydrogens is 218 g/mol. The van der Waals surface area contributed by atoms with Crippen LogP contribution in [0.2, 0.25) is 0 Å². The lowest BCUT2D eigenvalue weighted by Gasteiger charge is -2.06. The molecule has 6 heteroatoms. The number of nitrogens with one attached hydrogen (secondary N) is 1. The molecule has 1 rings (SSSR count). The Balaban J connectivity index is 2.77. The van der Waals surface area contributed by atoms with E-state index in [1.807, 2.05) is 0 Å². The number of benzene rings is 1. The zero-order chi connectivity index (χ0) is 11.5. The maximum atomic E-state index is 11.1. The molecule has 0 saturated heterocycles. The summed E-state index contributed by atoms with van der Waals surface area (Å²) in [6.07, 6.45) is -0.247. The smallest absolute Gasteiger partial charge is 0.175 e. The molecular formula is C9H10NO4S-. The van der Waals surface area contributed by atoms with Crippen LogP contribution in [-0.2, 0) is 16.4 Å². The normalized spacial score (nSPS) is 11.0. The molecule has 1 aromatic carbocycles. The van der Waals surface area contributed by atoms with Crippen molar-refractivity contribution in [3.05, 3.63) is 29.8 Å². The minimum atomic E-state index is -3.20. The van der Waals surface area contributed by atoms with Gasteiger partial charge >= 0.3 is 0 Å². The van der Waals surface area contributed by atoms with E-state index in [1.54, 1.807) is 12.1 Å². The second-order valence-corrected chi connectivity index (χ2v) is 5.07. The zero-order valence-corrected chi connectivity index (χ0v) is 8.87. The van der Waals surface area contributed by atoms with E-state index in [0.717, 1.165) is 6.26 Å². The number of carbonyl (C=O) groups is 1. The maximum Gasteiger partial charge on any atom is 0.175 e. The quantitative estimate of drug-likeness (QED) is 0.757. The molecule has 0 aliphatic heterocycles. The summed E-state index contributed by atoms with van der Waals surface area (Å²) in [4.78, 5) is 10.3. The standard InChI is InChI=1S/C9H11NO4S/c1-15(13,14)8-4-2-7(3-5-8)6-10-9(11)12/h2-5,10H,6H2,1H3,(H,11,12)/p-1. The number of rotatable bonds is 3. The maximum absolute atomic E-state index is 11.1. The average molecular weight is 228 g/mol. The Morgan fingerprint density at radius 3 is 2.27 bits per heavy atom. The predicted molar refractivity (Wildman–Crippen MR) is 51.8 cm³/mol. The fourth-order valence-electron chi connectivity index (χ4n) is 1.03. The van der Waals surface area contributed by atoms with Crippen LogP contribution in [0.1, 0.15) is 5.56 Å². The molecule has 0 radical (unpaired) electrons. The third-order valence-electron chi connectivity index (χ3n) is 1.79. The van der Waals surface area contributed by atoms with Crippen LogP contribution >= 0.6 is 0 Å². The molecule has 0 fully saturated rings. The largest absolute Gasteiger partial charge is 0.530 e. The van der Waals surface area contributed by atoms with E-state index in [4.69, 9.17) is 0 Å². The molecule has 1 aromatic rings. The summed E-state index contributed by atoms with van der Waals surface area (Å²) >= 11 is 0. The van der Waals surface area contributed by atoms with Crippen LogP contribution in [0.25, 0.3) is 0 Å². The average Bonchev–Trinajstić information content (AvgIpc) is 2.14. The molecule has 0 bridgehead atoms. The highest BCUT2D eigenvalue weighted by Crippen LogP contribution is 2.09. The Bertz CT molecular complexity index is 450. The zero-order valence-electron chi connectivity index (χ0n) is 8.06. The van der Waals surface area contributed by atoms with Crippen molar-refractivity contribution in [3.63, 3.8) is 0 Å². The van der Waals surface area contributed by atoms with Crippen molar-refractivity contribution in [1.29, 1.82) is 0 Å². The number of sulfone groups is 1. The van der Waals surface area contributed by atoms with Gasteiger partial charge in [-0.1, -0.05) is 12.1 Å².